The zero-order valence-corrected chi connectivity index (χ0v) is 11.7. The van der Waals surface area contributed by atoms with Crippen LogP contribution in [0.15, 0.2) is 36.4 Å². The topological polar surface area (TPSA) is 86.8 Å². The molecule has 6 nitrogen and oxygen atoms in total. The third kappa shape index (κ3) is 3.05. The van der Waals surface area contributed by atoms with E-state index in [9.17, 15) is 0 Å². The van der Waals surface area contributed by atoms with Crippen LogP contribution in [-0.2, 0) is 6.42 Å². The van der Waals surface area contributed by atoms with Gasteiger partial charge in [0.25, 0.3) is 0 Å². The van der Waals surface area contributed by atoms with Crippen LogP contribution in [0.25, 0.3) is 10.9 Å². The molecular formula is C15H15N5O. The molecule has 2 aromatic heterocycles. The average molecular weight is 281 g/mol. The molecule has 0 aliphatic heterocycles. The summed E-state index contributed by atoms with van der Waals surface area (Å²) in [4.78, 5) is 16.9. The highest BCUT2D eigenvalue weighted by molar-refractivity contribution is 5.78. The van der Waals surface area contributed by atoms with Crippen molar-refractivity contribution >= 4 is 16.9 Å². The molecule has 6 heteroatoms. The molecule has 0 bridgehead atoms. The lowest BCUT2D eigenvalue weighted by molar-refractivity contribution is 0.310. The summed E-state index contributed by atoms with van der Waals surface area (Å²) in [5.74, 6) is 0.706. The molecule has 3 aromatic rings. The van der Waals surface area contributed by atoms with Gasteiger partial charge in [-0.25, -0.2) is 0 Å². The van der Waals surface area contributed by atoms with Crippen LogP contribution in [0.1, 0.15) is 18.4 Å². The lowest BCUT2D eigenvalue weighted by Gasteiger charge is -2.05. The summed E-state index contributed by atoms with van der Waals surface area (Å²) >= 11 is 0. The van der Waals surface area contributed by atoms with Gasteiger partial charge in [-0.05, 0) is 19.1 Å². The second kappa shape index (κ2) is 5.70. The Bertz CT molecular complexity index is 775. The molecule has 0 saturated carbocycles. The van der Waals surface area contributed by atoms with Crippen LogP contribution >= 0.6 is 0 Å². The van der Waals surface area contributed by atoms with E-state index in [1.165, 1.54) is 0 Å². The van der Waals surface area contributed by atoms with Crippen molar-refractivity contribution in [1.29, 1.82) is 0 Å². The first kappa shape index (κ1) is 13.2. The number of pyridine rings is 1. The van der Waals surface area contributed by atoms with Gasteiger partial charge in [-0.15, -0.1) is 0 Å². The third-order valence-corrected chi connectivity index (χ3v) is 2.95. The molecule has 2 heterocycles. The molecule has 0 fully saturated rings. The van der Waals surface area contributed by atoms with E-state index in [-0.39, 0.29) is 12.0 Å². The number of hydrogen-bond acceptors (Lipinski definition) is 6. The SMILES string of the molecule is CCOc1nc(N)nc(Cc2ccc3ccccc3n2)n1. The summed E-state index contributed by atoms with van der Waals surface area (Å²) in [5, 5.41) is 1.10. The number of nitrogens with zero attached hydrogens (tertiary/aromatic N) is 4. The predicted octanol–water partition coefficient (Wildman–Crippen LogP) is 1.99. The molecule has 0 amide bonds. The molecular weight excluding hydrogens is 266 g/mol. The maximum Gasteiger partial charge on any atom is 0.321 e. The lowest BCUT2D eigenvalue weighted by atomic mass is 10.2. The van der Waals surface area contributed by atoms with Crippen LogP contribution in [-0.4, -0.2) is 26.5 Å². The summed E-state index contributed by atoms with van der Waals surface area (Å²) in [6.45, 7) is 2.35. The Balaban J connectivity index is 1.90. The van der Waals surface area contributed by atoms with Gasteiger partial charge in [-0.3, -0.25) is 4.98 Å². The van der Waals surface area contributed by atoms with Crippen LogP contribution in [0.2, 0.25) is 0 Å². The zero-order valence-electron chi connectivity index (χ0n) is 11.7. The van der Waals surface area contributed by atoms with E-state index in [1.54, 1.807) is 0 Å². The van der Waals surface area contributed by atoms with Crippen LogP contribution in [0.5, 0.6) is 6.01 Å². The van der Waals surface area contributed by atoms with Gasteiger partial charge in [0.05, 0.1) is 18.5 Å². The molecule has 0 aliphatic rings. The van der Waals surface area contributed by atoms with E-state index >= 15 is 0 Å². The average Bonchev–Trinajstić information content (AvgIpc) is 2.47. The van der Waals surface area contributed by atoms with Gasteiger partial charge in [-0.2, -0.15) is 15.0 Å². The van der Waals surface area contributed by atoms with Gasteiger partial charge in [0.1, 0.15) is 5.82 Å². The summed E-state index contributed by atoms with van der Waals surface area (Å²) in [5.41, 5.74) is 7.49. The largest absolute Gasteiger partial charge is 0.464 e. The Labute approximate surface area is 122 Å². The zero-order chi connectivity index (χ0) is 14.7. The minimum Gasteiger partial charge on any atom is -0.464 e. The number of hydrogen-bond donors (Lipinski definition) is 1. The fourth-order valence-electron chi connectivity index (χ4n) is 2.06. The molecule has 0 radical (unpaired) electrons. The Morgan fingerprint density at radius 2 is 1.86 bits per heavy atom. The number of fused-ring (bicyclic) bond motifs is 1. The number of rotatable bonds is 4. The summed E-state index contributed by atoms with van der Waals surface area (Å²) in [6.07, 6.45) is 0.484. The van der Waals surface area contributed by atoms with E-state index in [0.717, 1.165) is 16.6 Å². The highest BCUT2D eigenvalue weighted by Gasteiger charge is 2.07. The number of anilines is 1. The third-order valence-electron chi connectivity index (χ3n) is 2.95. The second-order valence-electron chi connectivity index (χ2n) is 4.50. The Hall–Kier alpha value is -2.76. The first-order chi connectivity index (χ1) is 10.2. The van der Waals surface area contributed by atoms with Crippen molar-refractivity contribution in [2.24, 2.45) is 0 Å². The molecule has 0 spiro atoms. The van der Waals surface area contributed by atoms with E-state index in [4.69, 9.17) is 10.5 Å². The van der Waals surface area contributed by atoms with Crippen molar-refractivity contribution < 1.29 is 4.74 Å². The number of para-hydroxylation sites is 1. The fraction of sp³-hybridized carbons (Fsp3) is 0.200. The Morgan fingerprint density at radius 1 is 1.00 bits per heavy atom. The molecule has 2 N–H and O–H groups in total. The maximum absolute atomic E-state index is 5.67. The van der Waals surface area contributed by atoms with Crippen molar-refractivity contribution in [3.63, 3.8) is 0 Å². The lowest BCUT2D eigenvalue weighted by Crippen LogP contribution is -2.07. The molecule has 21 heavy (non-hydrogen) atoms. The van der Waals surface area contributed by atoms with Gasteiger partial charge >= 0.3 is 6.01 Å². The van der Waals surface area contributed by atoms with Crippen molar-refractivity contribution in [3.05, 3.63) is 47.9 Å². The number of nitrogen functional groups attached to an aromatic ring is 1. The maximum atomic E-state index is 5.67. The number of ether oxygens (including phenoxy) is 1. The monoisotopic (exact) mass is 281 g/mol. The normalized spacial score (nSPS) is 10.7. The van der Waals surface area contributed by atoms with Crippen molar-refractivity contribution in [2.45, 2.75) is 13.3 Å². The van der Waals surface area contributed by atoms with Gasteiger partial charge in [0, 0.05) is 11.1 Å². The number of aromatic nitrogens is 4. The molecule has 0 saturated heterocycles. The van der Waals surface area contributed by atoms with E-state index in [2.05, 4.69) is 19.9 Å². The minimum absolute atomic E-state index is 0.157. The molecule has 0 unspecified atom stereocenters. The van der Waals surface area contributed by atoms with E-state index < -0.39 is 0 Å². The Morgan fingerprint density at radius 3 is 2.71 bits per heavy atom. The van der Waals surface area contributed by atoms with Crippen molar-refractivity contribution in [1.82, 2.24) is 19.9 Å². The van der Waals surface area contributed by atoms with Crippen LogP contribution in [0.3, 0.4) is 0 Å². The summed E-state index contributed by atoms with van der Waals surface area (Å²) < 4.78 is 5.27. The molecule has 106 valence electrons. The minimum atomic E-state index is 0.157. The van der Waals surface area contributed by atoms with E-state index in [1.807, 2.05) is 43.3 Å². The predicted molar refractivity (Wildman–Crippen MR) is 80.0 cm³/mol. The molecule has 1 aromatic carbocycles. The summed E-state index contributed by atoms with van der Waals surface area (Å²) in [7, 11) is 0. The van der Waals surface area contributed by atoms with E-state index in [0.29, 0.717) is 18.9 Å². The smallest absolute Gasteiger partial charge is 0.321 e. The van der Waals surface area contributed by atoms with Gasteiger partial charge in [-0.1, -0.05) is 24.3 Å². The highest BCUT2D eigenvalue weighted by atomic mass is 16.5. The van der Waals surface area contributed by atoms with Crippen molar-refractivity contribution in [3.8, 4) is 6.01 Å². The quantitative estimate of drug-likeness (QED) is 0.787. The molecule has 0 atom stereocenters. The standard InChI is InChI=1S/C15H15N5O/c1-2-21-15-19-13(18-14(16)20-15)9-11-8-7-10-5-3-4-6-12(10)17-11/h3-8H,2,9H2,1H3,(H2,16,18,19,20). The highest BCUT2D eigenvalue weighted by Crippen LogP contribution is 2.14. The van der Waals surface area contributed by atoms with Crippen molar-refractivity contribution in [2.75, 3.05) is 12.3 Å². The fourth-order valence-corrected chi connectivity index (χ4v) is 2.06. The second-order valence-corrected chi connectivity index (χ2v) is 4.50. The van der Waals surface area contributed by atoms with Crippen LogP contribution in [0, 0.1) is 0 Å². The first-order valence-corrected chi connectivity index (χ1v) is 6.72. The molecule has 0 aliphatic carbocycles. The number of nitrogens with two attached hydrogens (primary N) is 1. The van der Waals surface area contributed by atoms with Gasteiger partial charge in [0.2, 0.25) is 5.95 Å². The Kier molecular flexibility index (Phi) is 3.59. The van der Waals surface area contributed by atoms with Crippen LogP contribution < -0.4 is 10.5 Å². The molecule has 3 rings (SSSR count). The number of benzene rings is 1. The first-order valence-electron chi connectivity index (χ1n) is 6.72. The van der Waals surface area contributed by atoms with Gasteiger partial charge in [0.15, 0.2) is 0 Å². The summed E-state index contributed by atoms with van der Waals surface area (Å²) in [6, 6.07) is 12.2. The van der Waals surface area contributed by atoms with Crippen LogP contribution in [0.4, 0.5) is 5.95 Å². The van der Waals surface area contributed by atoms with Gasteiger partial charge < -0.3 is 10.5 Å².